The van der Waals surface area contributed by atoms with Gasteiger partial charge in [0.05, 0.1) is 59.5 Å². The van der Waals surface area contributed by atoms with Gasteiger partial charge in [-0.25, -0.2) is 0 Å². The van der Waals surface area contributed by atoms with Crippen LogP contribution in [0.2, 0.25) is 0 Å². The Hall–Kier alpha value is 0.380. The molecule has 0 aliphatic heterocycles. The van der Waals surface area contributed by atoms with Gasteiger partial charge < -0.3 is 23.7 Å². The molecule has 0 amide bonds. The molecule has 0 aromatic rings. The fourth-order valence-corrected chi connectivity index (χ4v) is 1.28. The van der Waals surface area contributed by atoms with Gasteiger partial charge in [-0.15, -0.1) is 11.6 Å². The second-order valence-corrected chi connectivity index (χ2v) is 4.54. The van der Waals surface area contributed by atoms with E-state index in [4.69, 9.17) is 46.9 Å². The van der Waals surface area contributed by atoms with Gasteiger partial charge in [-0.05, 0) is 6.92 Å². The lowest BCUT2D eigenvalue weighted by Crippen LogP contribution is -2.14. The molecule has 0 rings (SSSR count). The van der Waals surface area contributed by atoms with Gasteiger partial charge >= 0.3 is 0 Å². The summed E-state index contributed by atoms with van der Waals surface area (Å²) < 4.78 is 26.1. The Morgan fingerprint density at radius 3 is 1.42 bits per heavy atom. The van der Waals surface area contributed by atoms with Crippen LogP contribution in [0.5, 0.6) is 0 Å². The molecule has 0 saturated carbocycles. The highest BCUT2D eigenvalue weighted by atomic mass is 35.5. The van der Waals surface area contributed by atoms with E-state index in [1.807, 2.05) is 0 Å². The van der Waals surface area contributed by atoms with Crippen molar-refractivity contribution in [3.63, 3.8) is 0 Å². The third-order valence-corrected chi connectivity index (χ3v) is 2.19. The minimum Gasteiger partial charge on any atom is -0.378 e. The molecule has 7 heteroatoms. The van der Waals surface area contributed by atoms with Crippen molar-refractivity contribution in [2.75, 3.05) is 65.3 Å². The van der Waals surface area contributed by atoms with Crippen molar-refractivity contribution in [1.82, 2.24) is 0 Å². The van der Waals surface area contributed by atoms with Crippen LogP contribution in [-0.2, 0) is 23.7 Å². The molecule has 1 atom stereocenters. The normalized spacial score (nSPS) is 12.8. The number of hydrogen-bond acceptors (Lipinski definition) is 5. The first kappa shape index (κ1) is 19.4. The maximum absolute atomic E-state index is 5.60. The topological polar surface area (TPSA) is 46.2 Å². The SMILES string of the molecule is CC(Cl)OCCOCCOCCOCCOCCCl. The van der Waals surface area contributed by atoms with Gasteiger partial charge in [0.15, 0.2) is 0 Å². The van der Waals surface area contributed by atoms with Crippen molar-refractivity contribution < 1.29 is 23.7 Å². The third kappa shape index (κ3) is 18.4. The fourth-order valence-electron chi connectivity index (χ4n) is 1.09. The summed E-state index contributed by atoms with van der Waals surface area (Å²) in [7, 11) is 0. The molecule has 5 nitrogen and oxygen atoms in total. The largest absolute Gasteiger partial charge is 0.378 e. The molecule has 0 heterocycles. The molecule has 0 radical (unpaired) electrons. The van der Waals surface area contributed by atoms with Gasteiger partial charge in [0.25, 0.3) is 0 Å². The van der Waals surface area contributed by atoms with Gasteiger partial charge in [-0.3, -0.25) is 0 Å². The monoisotopic (exact) mass is 318 g/mol. The standard InChI is InChI=1S/C12H24Cl2O5/c1-12(14)19-11-10-18-9-8-17-7-6-16-5-4-15-3-2-13/h12H,2-11H2,1H3. The Morgan fingerprint density at radius 2 is 1.05 bits per heavy atom. The van der Waals surface area contributed by atoms with Crippen molar-refractivity contribution in [2.24, 2.45) is 0 Å². The van der Waals surface area contributed by atoms with E-state index in [-0.39, 0.29) is 5.56 Å². The lowest BCUT2D eigenvalue weighted by Gasteiger charge is -2.08. The third-order valence-electron chi connectivity index (χ3n) is 1.91. The molecule has 0 aromatic heterocycles. The molecular formula is C12H24Cl2O5. The lowest BCUT2D eigenvalue weighted by atomic mass is 10.7. The summed E-state index contributed by atoms with van der Waals surface area (Å²) >= 11 is 11.0. The first-order chi connectivity index (χ1) is 9.27. The molecule has 0 saturated heterocycles. The highest BCUT2D eigenvalue weighted by Crippen LogP contribution is 1.94. The molecule has 0 N–H and O–H groups in total. The maximum Gasteiger partial charge on any atom is 0.128 e. The summed E-state index contributed by atoms with van der Waals surface area (Å²) in [6, 6.07) is 0. The predicted octanol–water partition coefficient (Wildman–Crippen LogP) is 1.89. The zero-order chi connectivity index (χ0) is 14.2. The molecule has 19 heavy (non-hydrogen) atoms. The van der Waals surface area contributed by atoms with Crippen LogP contribution < -0.4 is 0 Å². The molecule has 0 aromatic carbocycles. The van der Waals surface area contributed by atoms with Crippen LogP contribution >= 0.6 is 23.2 Å². The Bertz CT molecular complexity index is 172. The van der Waals surface area contributed by atoms with E-state index in [1.165, 1.54) is 0 Å². The first-order valence-corrected chi connectivity index (χ1v) is 7.37. The van der Waals surface area contributed by atoms with Crippen LogP contribution in [-0.4, -0.2) is 70.9 Å². The smallest absolute Gasteiger partial charge is 0.128 e. The Morgan fingerprint density at radius 1 is 0.684 bits per heavy atom. The Balaban J connectivity index is 2.91. The van der Waals surface area contributed by atoms with E-state index in [0.717, 1.165) is 0 Å². The highest BCUT2D eigenvalue weighted by molar-refractivity contribution is 6.19. The zero-order valence-corrected chi connectivity index (χ0v) is 13.0. The van der Waals surface area contributed by atoms with Gasteiger partial charge in [-0.2, -0.15) is 0 Å². The predicted molar refractivity (Wildman–Crippen MR) is 75.3 cm³/mol. The molecule has 0 spiro atoms. The lowest BCUT2D eigenvalue weighted by molar-refractivity contribution is -0.0116. The molecule has 0 aliphatic rings. The number of halogens is 2. The minimum atomic E-state index is -0.273. The van der Waals surface area contributed by atoms with Crippen LogP contribution in [0.15, 0.2) is 0 Å². The van der Waals surface area contributed by atoms with Crippen LogP contribution in [0.25, 0.3) is 0 Å². The maximum atomic E-state index is 5.60. The van der Waals surface area contributed by atoms with Gasteiger partial charge in [0.1, 0.15) is 5.56 Å². The first-order valence-electron chi connectivity index (χ1n) is 6.40. The second kappa shape index (κ2) is 16.4. The van der Waals surface area contributed by atoms with Crippen LogP contribution in [0.3, 0.4) is 0 Å². The summed E-state index contributed by atoms with van der Waals surface area (Å²) in [6.45, 7) is 6.66. The Labute approximate surface area is 125 Å². The summed E-state index contributed by atoms with van der Waals surface area (Å²) in [5.74, 6) is 0.512. The number of alkyl halides is 2. The number of ether oxygens (including phenoxy) is 5. The molecule has 0 fully saturated rings. The van der Waals surface area contributed by atoms with E-state index in [2.05, 4.69) is 0 Å². The average molecular weight is 319 g/mol. The van der Waals surface area contributed by atoms with E-state index < -0.39 is 0 Å². The average Bonchev–Trinajstić information content (AvgIpc) is 2.39. The fraction of sp³-hybridized carbons (Fsp3) is 1.00. The number of hydrogen-bond donors (Lipinski definition) is 0. The second-order valence-electron chi connectivity index (χ2n) is 3.55. The molecular weight excluding hydrogens is 295 g/mol. The quantitative estimate of drug-likeness (QED) is 0.341. The minimum absolute atomic E-state index is 0.273. The van der Waals surface area contributed by atoms with Crippen LogP contribution in [0.1, 0.15) is 6.92 Å². The van der Waals surface area contributed by atoms with Crippen molar-refractivity contribution in [2.45, 2.75) is 12.5 Å². The van der Waals surface area contributed by atoms with Gasteiger partial charge in [0, 0.05) is 5.88 Å². The molecule has 0 aliphatic carbocycles. The molecule has 116 valence electrons. The summed E-state index contributed by atoms with van der Waals surface area (Å²) in [6.07, 6.45) is 0. The van der Waals surface area contributed by atoms with Crippen LogP contribution in [0.4, 0.5) is 0 Å². The molecule has 0 bridgehead atoms. The van der Waals surface area contributed by atoms with E-state index in [9.17, 15) is 0 Å². The summed E-state index contributed by atoms with van der Waals surface area (Å²) in [5.41, 5.74) is -0.273. The van der Waals surface area contributed by atoms with Gasteiger partial charge in [0.2, 0.25) is 0 Å². The van der Waals surface area contributed by atoms with Gasteiger partial charge in [-0.1, -0.05) is 11.6 Å². The van der Waals surface area contributed by atoms with E-state index in [1.54, 1.807) is 6.92 Å². The van der Waals surface area contributed by atoms with Crippen molar-refractivity contribution in [3.05, 3.63) is 0 Å². The zero-order valence-electron chi connectivity index (χ0n) is 11.4. The number of rotatable bonds is 15. The van der Waals surface area contributed by atoms with E-state index in [0.29, 0.717) is 65.3 Å². The van der Waals surface area contributed by atoms with E-state index >= 15 is 0 Å². The molecule has 1 unspecified atom stereocenters. The van der Waals surface area contributed by atoms with Crippen molar-refractivity contribution in [3.8, 4) is 0 Å². The highest BCUT2D eigenvalue weighted by Gasteiger charge is 1.95. The van der Waals surface area contributed by atoms with Crippen molar-refractivity contribution >= 4 is 23.2 Å². The summed E-state index contributed by atoms with van der Waals surface area (Å²) in [4.78, 5) is 0. The Kier molecular flexibility index (Phi) is 16.8. The van der Waals surface area contributed by atoms with Crippen LogP contribution in [0, 0.1) is 0 Å². The van der Waals surface area contributed by atoms with Crippen molar-refractivity contribution in [1.29, 1.82) is 0 Å². The summed E-state index contributed by atoms with van der Waals surface area (Å²) in [5, 5.41) is 0.